The minimum absolute atomic E-state index is 0.0720. The van der Waals surface area contributed by atoms with Gasteiger partial charge in [0.25, 0.3) is 5.91 Å². The molecule has 9 heteroatoms. The molecule has 0 spiro atoms. The minimum atomic E-state index is -4.55. The number of nitrogens with zero attached hydrogens (tertiary/aromatic N) is 1. The number of hydrogen-bond donors (Lipinski definition) is 1. The Morgan fingerprint density at radius 3 is 2.57 bits per heavy atom. The first-order valence-electron chi connectivity index (χ1n) is 10.4. The van der Waals surface area contributed by atoms with E-state index in [4.69, 9.17) is 16.3 Å². The Kier molecular flexibility index (Phi) is 8.60. The monoisotopic (exact) mass is 562 g/mol. The zero-order valence-corrected chi connectivity index (χ0v) is 20.8. The molecule has 0 fully saturated rings. The van der Waals surface area contributed by atoms with Crippen molar-refractivity contribution in [2.75, 3.05) is 11.9 Å². The van der Waals surface area contributed by atoms with Gasteiger partial charge in [0.15, 0.2) is 0 Å². The molecule has 0 unspecified atom stereocenters. The SMILES string of the molecule is CCOc1cc(/C=C(\C#N)C(=O)Nc2cccc(C(F)(F)F)c2)cc(Br)c1Cc1ccccc1Cl. The fourth-order valence-corrected chi connectivity index (χ4v) is 4.09. The van der Waals surface area contributed by atoms with Crippen LogP contribution in [0.5, 0.6) is 5.75 Å². The number of ether oxygens (including phenoxy) is 1. The largest absolute Gasteiger partial charge is 0.494 e. The average molecular weight is 564 g/mol. The van der Waals surface area contributed by atoms with Gasteiger partial charge in [0.1, 0.15) is 17.4 Å². The van der Waals surface area contributed by atoms with Gasteiger partial charge in [-0.1, -0.05) is 51.8 Å². The number of nitriles is 1. The van der Waals surface area contributed by atoms with Crippen LogP contribution in [0, 0.1) is 11.3 Å². The third-order valence-electron chi connectivity index (χ3n) is 4.93. The second-order valence-corrected chi connectivity index (χ2v) is 8.64. The highest BCUT2D eigenvalue weighted by Gasteiger charge is 2.30. The molecule has 0 saturated carbocycles. The molecule has 0 bridgehead atoms. The second kappa shape index (κ2) is 11.4. The lowest BCUT2D eigenvalue weighted by Crippen LogP contribution is -2.14. The van der Waals surface area contributed by atoms with E-state index in [0.717, 1.165) is 23.3 Å². The molecule has 0 aliphatic carbocycles. The lowest BCUT2D eigenvalue weighted by Gasteiger charge is -2.15. The van der Waals surface area contributed by atoms with Crippen molar-refractivity contribution >= 4 is 45.2 Å². The summed E-state index contributed by atoms with van der Waals surface area (Å²) in [6.07, 6.45) is -2.72. The number of benzene rings is 3. The maximum Gasteiger partial charge on any atom is 0.416 e. The zero-order valence-electron chi connectivity index (χ0n) is 18.4. The highest BCUT2D eigenvalue weighted by atomic mass is 79.9. The van der Waals surface area contributed by atoms with Crippen LogP contribution in [0.2, 0.25) is 5.02 Å². The highest BCUT2D eigenvalue weighted by molar-refractivity contribution is 9.10. The molecule has 180 valence electrons. The van der Waals surface area contributed by atoms with Crippen molar-refractivity contribution in [2.45, 2.75) is 19.5 Å². The Hall–Kier alpha value is -3.28. The first-order valence-corrected chi connectivity index (χ1v) is 11.6. The quantitative estimate of drug-likeness (QED) is 0.237. The van der Waals surface area contributed by atoms with Crippen LogP contribution in [-0.2, 0) is 17.4 Å². The summed E-state index contributed by atoms with van der Waals surface area (Å²) in [6, 6.07) is 16.8. The number of nitrogens with one attached hydrogen (secondary N) is 1. The lowest BCUT2D eigenvalue weighted by molar-refractivity contribution is -0.137. The molecule has 0 aliphatic rings. The molecule has 1 amide bonds. The van der Waals surface area contributed by atoms with E-state index in [2.05, 4.69) is 21.2 Å². The minimum Gasteiger partial charge on any atom is -0.494 e. The maximum atomic E-state index is 12.9. The molecule has 0 radical (unpaired) electrons. The number of alkyl halides is 3. The second-order valence-electron chi connectivity index (χ2n) is 7.38. The van der Waals surface area contributed by atoms with Crippen LogP contribution in [0.15, 0.2) is 70.7 Å². The van der Waals surface area contributed by atoms with Gasteiger partial charge in [-0.15, -0.1) is 0 Å². The van der Waals surface area contributed by atoms with E-state index in [1.165, 1.54) is 18.2 Å². The van der Waals surface area contributed by atoms with Gasteiger partial charge in [0.05, 0.1) is 12.2 Å². The summed E-state index contributed by atoms with van der Waals surface area (Å²) in [5.74, 6) is -0.287. The Morgan fingerprint density at radius 1 is 1.17 bits per heavy atom. The number of amides is 1. The summed E-state index contributed by atoms with van der Waals surface area (Å²) >= 11 is 9.84. The van der Waals surface area contributed by atoms with E-state index in [1.807, 2.05) is 25.1 Å². The summed E-state index contributed by atoms with van der Waals surface area (Å²) < 4.78 is 45.3. The smallest absolute Gasteiger partial charge is 0.416 e. The normalized spacial score (nSPS) is 11.6. The van der Waals surface area contributed by atoms with Crippen LogP contribution in [0.25, 0.3) is 6.08 Å². The van der Waals surface area contributed by atoms with Gasteiger partial charge in [-0.25, -0.2) is 0 Å². The van der Waals surface area contributed by atoms with Crippen molar-refractivity contribution in [3.05, 3.63) is 98.0 Å². The molecule has 3 aromatic carbocycles. The molecule has 3 rings (SSSR count). The Bertz CT molecular complexity index is 1320. The van der Waals surface area contributed by atoms with Crippen molar-refractivity contribution in [3.63, 3.8) is 0 Å². The molecule has 3 aromatic rings. The molecule has 0 saturated heterocycles. The Labute approximate surface area is 214 Å². The lowest BCUT2D eigenvalue weighted by atomic mass is 10.0. The molecular formula is C26H19BrClF3N2O2. The van der Waals surface area contributed by atoms with Crippen molar-refractivity contribution in [2.24, 2.45) is 0 Å². The van der Waals surface area contributed by atoms with Crippen LogP contribution in [0.1, 0.15) is 29.2 Å². The standard InChI is InChI=1S/C26H19BrClF3N2O2/c1-2-35-24-12-16(11-22(27)21(24)13-17-6-3-4-9-23(17)28)10-18(15-32)25(34)33-20-8-5-7-19(14-20)26(29,30)31/h3-12,14H,2,13H2,1H3,(H,33,34)/b18-10+. The van der Waals surface area contributed by atoms with Gasteiger partial charge in [0.2, 0.25) is 0 Å². The molecule has 4 nitrogen and oxygen atoms in total. The van der Waals surface area contributed by atoms with Crippen molar-refractivity contribution in [3.8, 4) is 11.8 Å². The predicted octanol–water partition coefficient (Wildman–Crippen LogP) is 7.66. The highest BCUT2D eigenvalue weighted by Crippen LogP contribution is 2.34. The van der Waals surface area contributed by atoms with Gasteiger partial charge < -0.3 is 10.1 Å². The third kappa shape index (κ3) is 6.87. The van der Waals surface area contributed by atoms with Gasteiger partial charge in [-0.3, -0.25) is 4.79 Å². The van der Waals surface area contributed by atoms with Gasteiger partial charge in [-0.05, 0) is 60.5 Å². The fourth-order valence-electron chi connectivity index (χ4n) is 3.29. The first-order chi connectivity index (χ1) is 16.6. The van der Waals surface area contributed by atoms with Gasteiger partial charge in [0, 0.05) is 27.2 Å². The van der Waals surface area contributed by atoms with Crippen LogP contribution in [0.3, 0.4) is 0 Å². The topological polar surface area (TPSA) is 62.1 Å². The van der Waals surface area contributed by atoms with E-state index in [0.29, 0.717) is 33.8 Å². The number of carbonyl (C=O) groups excluding carboxylic acids is 1. The molecule has 1 N–H and O–H groups in total. The van der Waals surface area contributed by atoms with Crippen molar-refractivity contribution < 1.29 is 22.7 Å². The van der Waals surface area contributed by atoms with Crippen molar-refractivity contribution in [1.82, 2.24) is 0 Å². The van der Waals surface area contributed by atoms with Gasteiger partial charge in [-0.2, -0.15) is 18.4 Å². The molecular weight excluding hydrogens is 545 g/mol. The zero-order chi connectivity index (χ0) is 25.6. The van der Waals surface area contributed by atoms with Gasteiger partial charge >= 0.3 is 6.18 Å². The first kappa shape index (κ1) is 26.3. The summed E-state index contributed by atoms with van der Waals surface area (Å²) in [7, 11) is 0. The third-order valence-corrected chi connectivity index (χ3v) is 6.00. The number of rotatable bonds is 7. The molecule has 0 heterocycles. The fraction of sp³-hybridized carbons (Fsp3) is 0.154. The number of halogens is 5. The van der Waals surface area contributed by atoms with Crippen LogP contribution in [0.4, 0.5) is 18.9 Å². The number of hydrogen-bond acceptors (Lipinski definition) is 3. The molecule has 35 heavy (non-hydrogen) atoms. The van der Waals surface area contributed by atoms with Crippen LogP contribution in [-0.4, -0.2) is 12.5 Å². The summed E-state index contributed by atoms with van der Waals surface area (Å²) in [5, 5.41) is 12.5. The summed E-state index contributed by atoms with van der Waals surface area (Å²) in [5.41, 5.74) is 0.977. The summed E-state index contributed by atoms with van der Waals surface area (Å²) in [4.78, 5) is 12.6. The number of carbonyl (C=O) groups is 1. The van der Waals surface area contributed by atoms with E-state index in [1.54, 1.807) is 24.3 Å². The van der Waals surface area contributed by atoms with E-state index in [-0.39, 0.29) is 11.3 Å². The van der Waals surface area contributed by atoms with E-state index < -0.39 is 17.6 Å². The Balaban J connectivity index is 1.91. The molecule has 0 aliphatic heterocycles. The Morgan fingerprint density at radius 2 is 1.91 bits per heavy atom. The summed E-state index contributed by atoms with van der Waals surface area (Å²) in [6.45, 7) is 2.22. The van der Waals surface area contributed by atoms with E-state index in [9.17, 15) is 23.2 Å². The predicted molar refractivity (Wildman–Crippen MR) is 133 cm³/mol. The molecule has 0 atom stereocenters. The van der Waals surface area contributed by atoms with E-state index >= 15 is 0 Å². The van der Waals surface area contributed by atoms with Crippen LogP contribution < -0.4 is 10.1 Å². The van der Waals surface area contributed by atoms with Crippen molar-refractivity contribution in [1.29, 1.82) is 5.26 Å². The van der Waals surface area contributed by atoms with Crippen LogP contribution >= 0.6 is 27.5 Å². The maximum absolute atomic E-state index is 12.9. The molecule has 0 aromatic heterocycles. The average Bonchev–Trinajstić information content (AvgIpc) is 2.80. The number of anilines is 1.